The van der Waals surface area contributed by atoms with Crippen molar-refractivity contribution in [3.63, 3.8) is 0 Å². The Kier molecular flexibility index (Phi) is 3.22. The Labute approximate surface area is 106 Å². The van der Waals surface area contributed by atoms with Crippen LogP contribution in [0.5, 0.6) is 0 Å². The van der Waals surface area contributed by atoms with Crippen molar-refractivity contribution in [2.24, 2.45) is 5.84 Å². The van der Waals surface area contributed by atoms with E-state index in [2.05, 4.69) is 17.3 Å². The standard InChI is InChI=1S/C13H16ClN3/c1-4-9-8(3)16-12-7(2)5-6-10(14)11(12)13(9)17-15/h5-6H,4,15H2,1-3H3,(H,16,17). The number of nitrogens with one attached hydrogen (secondary N) is 1. The van der Waals surface area contributed by atoms with Crippen molar-refractivity contribution >= 4 is 28.2 Å². The van der Waals surface area contributed by atoms with Crippen LogP contribution in [0.3, 0.4) is 0 Å². The number of hydrazine groups is 1. The van der Waals surface area contributed by atoms with Crippen LogP contribution in [0.15, 0.2) is 12.1 Å². The van der Waals surface area contributed by atoms with E-state index in [1.807, 2.05) is 26.0 Å². The lowest BCUT2D eigenvalue weighted by molar-refractivity contribution is 1.06. The molecule has 4 heteroatoms. The van der Waals surface area contributed by atoms with Crippen LogP contribution in [-0.2, 0) is 6.42 Å². The minimum Gasteiger partial charge on any atom is -0.323 e. The highest BCUT2D eigenvalue weighted by atomic mass is 35.5. The summed E-state index contributed by atoms with van der Waals surface area (Å²) in [5.41, 5.74) is 7.80. The van der Waals surface area contributed by atoms with Gasteiger partial charge in [0, 0.05) is 11.1 Å². The summed E-state index contributed by atoms with van der Waals surface area (Å²) in [4.78, 5) is 4.64. The second-order valence-electron chi connectivity index (χ2n) is 4.14. The second kappa shape index (κ2) is 4.51. The van der Waals surface area contributed by atoms with Gasteiger partial charge in [0.1, 0.15) is 0 Å². The number of fused-ring (bicyclic) bond motifs is 1. The summed E-state index contributed by atoms with van der Waals surface area (Å²) < 4.78 is 0. The summed E-state index contributed by atoms with van der Waals surface area (Å²) in [7, 11) is 0. The van der Waals surface area contributed by atoms with Gasteiger partial charge in [0.15, 0.2) is 0 Å². The van der Waals surface area contributed by atoms with Crippen LogP contribution >= 0.6 is 11.6 Å². The lowest BCUT2D eigenvalue weighted by atomic mass is 10.0. The molecular formula is C13H16ClN3. The van der Waals surface area contributed by atoms with E-state index in [4.69, 9.17) is 17.4 Å². The Hall–Kier alpha value is -1.32. The molecule has 2 aromatic rings. The van der Waals surface area contributed by atoms with E-state index in [0.717, 1.165) is 39.8 Å². The van der Waals surface area contributed by atoms with Crippen LogP contribution in [0.4, 0.5) is 5.69 Å². The summed E-state index contributed by atoms with van der Waals surface area (Å²) in [6, 6.07) is 3.86. The predicted octanol–water partition coefficient (Wildman–Crippen LogP) is 3.35. The number of benzene rings is 1. The minimum absolute atomic E-state index is 0.681. The molecule has 0 fully saturated rings. The Bertz CT molecular complexity index is 579. The van der Waals surface area contributed by atoms with E-state index < -0.39 is 0 Å². The zero-order valence-electron chi connectivity index (χ0n) is 10.3. The lowest BCUT2D eigenvalue weighted by Crippen LogP contribution is -2.12. The van der Waals surface area contributed by atoms with Crippen molar-refractivity contribution in [3.8, 4) is 0 Å². The van der Waals surface area contributed by atoms with Gasteiger partial charge >= 0.3 is 0 Å². The normalized spacial score (nSPS) is 10.9. The highest BCUT2D eigenvalue weighted by Crippen LogP contribution is 2.34. The molecule has 3 N–H and O–H groups in total. The molecule has 0 bridgehead atoms. The number of pyridine rings is 1. The molecule has 0 saturated carbocycles. The Balaban J connectivity index is 2.98. The molecule has 0 atom stereocenters. The van der Waals surface area contributed by atoms with Crippen LogP contribution in [0, 0.1) is 13.8 Å². The SMILES string of the molecule is CCc1c(C)nc2c(C)ccc(Cl)c2c1NN. The van der Waals surface area contributed by atoms with E-state index >= 15 is 0 Å². The largest absolute Gasteiger partial charge is 0.323 e. The van der Waals surface area contributed by atoms with Crippen LogP contribution in [0.2, 0.25) is 5.02 Å². The number of aromatic nitrogens is 1. The fraction of sp³-hybridized carbons (Fsp3) is 0.308. The first kappa shape index (κ1) is 12.1. The number of nitrogens with two attached hydrogens (primary N) is 1. The van der Waals surface area contributed by atoms with Crippen LogP contribution < -0.4 is 11.3 Å². The zero-order valence-corrected chi connectivity index (χ0v) is 11.0. The van der Waals surface area contributed by atoms with Gasteiger partial charge in [-0.25, -0.2) is 0 Å². The lowest BCUT2D eigenvalue weighted by Gasteiger charge is -2.15. The molecule has 0 aliphatic heterocycles. The number of hydrogen-bond donors (Lipinski definition) is 2. The number of aryl methyl sites for hydroxylation is 2. The minimum atomic E-state index is 0.681. The third kappa shape index (κ3) is 1.85. The van der Waals surface area contributed by atoms with Crippen molar-refractivity contribution in [3.05, 3.63) is 34.0 Å². The summed E-state index contributed by atoms with van der Waals surface area (Å²) in [6.45, 7) is 6.11. The third-order valence-corrected chi connectivity index (χ3v) is 3.41. The topological polar surface area (TPSA) is 50.9 Å². The third-order valence-electron chi connectivity index (χ3n) is 3.09. The van der Waals surface area contributed by atoms with E-state index in [-0.39, 0.29) is 0 Å². The fourth-order valence-corrected chi connectivity index (χ4v) is 2.46. The van der Waals surface area contributed by atoms with Gasteiger partial charge in [-0.1, -0.05) is 24.6 Å². The van der Waals surface area contributed by atoms with E-state index in [1.165, 1.54) is 0 Å². The van der Waals surface area contributed by atoms with Gasteiger partial charge < -0.3 is 5.43 Å². The fourth-order valence-electron chi connectivity index (χ4n) is 2.21. The number of hydrogen-bond acceptors (Lipinski definition) is 3. The molecule has 0 unspecified atom stereocenters. The molecule has 1 heterocycles. The van der Waals surface area contributed by atoms with Crippen molar-refractivity contribution < 1.29 is 0 Å². The molecule has 90 valence electrons. The molecule has 0 aliphatic carbocycles. The second-order valence-corrected chi connectivity index (χ2v) is 4.54. The average molecular weight is 250 g/mol. The van der Waals surface area contributed by atoms with Crippen molar-refractivity contribution in [1.29, 1.82) is 0 Å². The number of nitrogens with zero attached hydrogens (tertiary/aromatic N) is 1. The van der Waals surface area contributed by atoms with Crippen LogP contribution in [0.1, 0.15) is 23.7 Å². The molecule has 3 nitrogen and oxygen atoms in total. The summed E-state index contributed by atoms with van der Waals surface area (Å²) >= 11 is 6.26. The average Bonchev–Trinajstić information content (AvgIpc) is 2.32. The highest BCUT2D eigenvalue weighted by Gasteiger charge is 2.14. The molecule has 0 spiro atoms. The first-order chi connectivity index (χ1) is 8.10. The molecular weight excluding hydrogens is 234 g/mol. The maximum absolute atomic E-state index is 6.26. The van der Waals surface area contributed by atoms with Gasteiger partial charge in [-0.15, -0.1) is 0 Å². The first-order valence-corrected chi connectivity index (χ1v) is 6.02. The molecule has 1 aromatic carbocycles. The van der Waals surface area contributed by atoms with Crippen molar-refractivity contribution in [2.75, 3.05) is 5.43 Å². The first-order valence-electron chi connectivity index (χ1n) is 5.65. The summed E-state index contributed by atoms with van der Waals surface area (Å²) in [5.74, 6) is 5.64. The zero-order chi connectivity index (χ0) is 12.6. The molecule has 1 aromatic heterocycles. The van der Waals surface area contributed by atoms with Gasteiger partial charge in [0.05, 0.1) is 16.2 Å². The highest BCUT2D eigenvalue weighted by molar-refractivity contribution is 6.36. The number of nitrogen functional groups attached to an aromatic ring is 1. The maximum Gasteiger partial charge on any atom is 0.0770 e. The van der Waals surface area contributed by atoms with Crippen molar-refractivity contribution in [2.45, 2.75) is 27.2 Å². The smallest absolute Gasteiger partial charge is 0.0770 e. The number of halogens is 1. The van der Waals surface area contributed by atoms with E-state index in [9.17, 15) is 0 Å². The summed E-state index contributed by atoms with van der Waals surface area (Å²) in [5, 5.41) is 1.59. The van der Waals surface area contributed by atoms with Gasteiger partial charge in [-0.2, -0.15) is 0 Å². The molecule has 2 rings (SSSR count). The molecule has 17 heavy (non-hydrogen) atoms. The van der Waals surface area contributed by atoms with E-state index in [0.29, 0.717) is 5.02 Å². The monoisotopic (exact) mass is 249 g/mol. The molecule has 0 saturated heterocycles. The van der Waals surface area contributed by atoms with Gasteiger partial charge in [-0.3, -0.25) is 10.8 Å². The van der Waals surface area contributed by atoms with Gasteiger partial charge in [0.25, 0.3) is 0 Å². The van der Waals surface area contributed by atoms with Crippen LogP contribution in [0.25, 0.3) is 10.9 Å². The molecule has 0 aliphatic rings. The molecule has 0 amide bonds. The quantitative estimate of drug-likeness (QED) is 0.634. The van der Waals surface area contributed by atoms with Crippen LogP contribution in [-0.4, -0.2) is 4.98 Å². The van der Waals surface area contributed by atoms with Gasteiger partial charge in [-0.05, 0) is 37.5 Å². The summed E-state index contributed by atoms with van der Waals surface area (Å²) in [6.07, 6.45) is 0.874. The molecule has 0 radical (unpaired) electrons. The Morgan fingerprint density at radius 1 is 1.35 bits per heavy atom. The predicted molar refractivity (Wildman–Crippen MR) is 73.4 cm³/mol. The number of anilines is 1. The maximum atomic E-state index is 6.26. The van der Waals surface area contributed by atoms with E-state index in [1.54, 1.807) is 0 Å². The van der Waals surface area contributed by atoms with Crippen molar-refractivity contribution in [1.82, 2.24) is 4.98 Å². The number of rotatable bonds is 2. The van der Waals surface area contributed by atoms with Gasteiger partial charge in [0.2, 0.25) is 0 Å². The Morgan fingerprint density at radius 3 is 2.65 bits per heavy atom. The Morgan fingerprint density at radius 2 is 2.06 bits per heavy atom.